The number of carbonyl (C=O) groups excluding carboxylic acids is 1. The largest absolute Gasteiger partial charge is 0.484 e. The minimum Gasteiger partial charge on any atom is -0.484 e. The zero-order valence-electron chi connectivity index (χ0n) is 13.8. The minimum atomic E-state index is -0.348. The first kappa shape index (κ1) is 17.3. The lowest BCUT2D eigenvalue weighted by Gasteiger charge is -2.21. The number of aromatic nitrogens is 2. The fourth-order valence-electron chi connectivity index (χ4n) is 2.50. The molecular formula is C18H20FN3O3. The highest BCUT2D eigenvalue weighted by Gasteiger charge is 2.18. The Labute approximate surface area is 145 Å². The van der Waals surface area contributed by atoms with Crippen molar-refractivity contribution in [2.45, 2.75) is 31.9 Å². The second-order valence-corrected chi connectivity index (χ2v) is 5.82. The molecule has 1 saturated heterocycles. The number of nitrogens with one attached hydrogen (secondary N) is 1. The SMILES string of the molecule is O=C(COc1ccc(F)cc1)NCc1cnc([C@H]2CCCCO2)nc1. The zero-order chi connectivity index (χ0) is 17.5. The second kappa shape index (κ2) is 8.53. The van der Waals surface area contributed by atoms with Crippen LogP contribution >= 0.6 is 0 Å². The van der Waals surface area contributed by atoms with Gasteiger partial charge >= 0.3 is 0 Å². The predicted octanol–water partition coefficient (Wildman–Crippen LogP) is 2.55. The Hall–Kier alpha value is -2.54. The second-order valence-electron chi connectivity index (χ2n) is 5.82. The predicted molar refractivity (Wildman–Crippen MR) is 88.3 cm³/mol. The van der Waals surface area contributed by atoms with E-state index in [1.54, 1.807) is 12.4 Å². The number of carbonyl (C=O) groups is 1. The Balaban J connectivity index is 1.43. The molecule has 132 valence electrons. The summed E-state index contributed by atoms with van der Waals surface area (Å²) >= 11 is 0. The van der Waals surface area contributed by atoms with E-state index in [9.17, 15) is 9.18 Å². The fourth-order valence-corrected chi connectivity index (χ4v) is 2.50. The summed E-state index contributed by atoms with van der Waals surface area (Å²) in [6.07, 6.45) is 6.52. The normalized spacial score (nSPS) is 17.1. The first-order valence-corrected chi connectivity index (χ1v) is 8.28. The first-order valence-electron chi connectivity index (χ1n) is 8.28. The summed E-state index contributed by atoms with van der Waals surface area (Å²) in [6.45, 7) is 0.928. The average Bonchev–Trinajstić information content (AvgIpc) is 2.67. The van der Waals surface area contributed by atoms with E-state index in [1.807, 2.05) is 0 Å². The number of rotatable bonds is 6. The van der Waals surface area contributed by atoms with E-state index in [-0.39, 0.29) is 24.4 Å². The number of nitrogens with zero attached hydrogens (tertiary/aromatic N) is 2. The van der Waals surface area contributed by atoms with Gasteiger partial charge in [0.1, 0.15) is 17.7 Å². The van der Waals surface area contributed by atoms with Gasteiger partial charge in [0.05, 0.1) is 0 Å². The summed E-state index contributed by atoms with van der Waals surface area (Å²) in [4.78, 5) is 20.5. The maximum Gasteiger partial charge on any atom is 0.258 e. The fraction of sp³-hybridized carbons (Fsp3) is 0.389. The molecule has 0 radical (unpaired) electrons. The zero-order valence-corrected chi connectivity index (χ0v) is 13.8. The van der Waals surface area contributed by atoms with Crippen LogP contribution in [0.2, 0.25) is 0 Å². The lowest BCUT2D eigenvalue weighted by atomic mass is 10.1. The third-order valence-corrected chi connectivity index (χ3v) is 3.87. The number of ether oxygens (including phenoxy) is 2. The summed E-state index contributed by atoms with van der Waals surface area (Å²) in [7, 11) is 0. The standard InChI is InChI=1S/C18H20FN3O3/c19-14-4-6-15(7-5-14)25-12-17(23)20-9-13-10-21-18(22-11-13)16-3-1-2-8-24-16/h4-7,10-11,16H,1-3,8-9,12H2,(H,20,23)/t16-/m1/s1. The van der Waals surface area contributed by atoms with Crippen LogP contribution in [0.3, 0.4) is 0 Å². The maximum atomic E-state index is 12.8. The molecule has 0 unspecified atom stereocenters. The van der Waals surface area contributed by atoms with E-state index in [4.69, 9.17) is 9.47 Å². The maximum absolute atomic E-state index is 12.8. The summed E-state index contributed by atoms with van der Waals surface area (Å²) in [5.74, 6) is 0.508. The highest BCUT2D eigenvalue weighted by Crippen LogP contribution is 2.24. The number of hydrogen-bond acceptors (Lipinski definition) is 5. The van der Waals surface area contributed by atoms with Gasteiger partial charge in [0.25, 0.3) is 5.91 Å². The highest BCUT2D eigenvalue weighted by molar-refractivity contribution is 5.77. The molecule has 7 heteroatoms. The van der Waals surface area contributed by atoms with Gasteiger partial charge in [-0.1, -0.05) is 0 Å². The van der Waals surface area contributed by atoms with Crippen molar-refractivity contribution in [3.63, 3.8) is 0 Å². The van der Waals surface area contributed by atoms with Crippen LogP contribution in [0.1, 0.15) is 36.8 Å². The first-order chi connectivity index (χ1) is 12.2. The molecule has 6 nitrogen and oxygen atoms in total. The number of halogens is 1. The van der Waals surface area contributed by atoms with Crippen molar-refractivity contribution in [3.05, 3.63) is 53.9 Å². The van der Waals surface area contributed by atoms with Gasteiger partial charge in [-0.15, -0.1) is 0 Å². The molecule has 1 atom stereocenters. The minimum absolute atomic E-state index is 0.0264. The summed E-state index contributed by atoms with van der Waals surface area (Å²) in [5.41, 5.74) is 0.801. The van der Waals surface area contributed by atoms with E-state index in [2.05, 4.69) is 15.3 Å². The van der Waals surface area contributed by atoms with Gasteiger partial charge < -0.3 is 14.8 Å². The molecule has 1 aromatic carbocycles. The van der Waals surface area contributed by atoms with Crippen molar-refractivity contribution in [1.82, 2.24) is 15.3 Å². The molecule has 3 rings (SSSR count). The molecule has 1 aliphatic rings. The molecule has 25 heavy (non-hydrogen) atoms. The topological polar surface area (TPSA) is 73.3 Å². The van der Waals surface area contributed by atoms with E-state index in [1.165, 1.54) is 24.3 Å². The Morgan fingerprint density at radius 1 is 1.24 bits per heavy atom. The van der Waals surface area contributed by atoms with Crippen LogP contribution < -0.4 is 10.1 Å². The molecule has 0 spiro atoms. The highest BCUT2D eigenvalue weighted by atomic mass is 19.1. The summed E-state index contributed by atoms with van der Waals surface area (Å²) in [6, 6.07) is 5.51. The van der Waals surface area contributed by atoms with Crippen molar-refractivity contribution >= 4 is 5.91 Å². The van der Waals surface area contributed by atoms with E-state index >= 15 is 0 Å². The Morgan fingerprint density at radius 2 is 2.00 bits per heavy atom. The summed E-state index contributed by atoms with van der Waals surface area (Å²) in [5, 5.41) is 2.73. The average molecular weight is 345 g/mol. The van der Waals surface area contributed by atoms with Crippen LogP contribution in [-0.4, -0.2) is 29.1 Å². The Kier molecular flexibility index (Phi) is 5.90. The van der Waals surface area contributed by atoms with Gasteiger partial charge in [-0.2, -0.15) is 0 Å². The van der Waals surface area contributed by atoms with Crippen molar-refractivity contribution in [3.8, 4) is 5.75 Å². The van der Waals surface area contributed by atoms with E-state index < -0.39 is 0 Å². The van der Waals surface area contributed by atoms with Crippen molar-refractivity contribution < 1.29 is 18.7 Å². The van der Waals surface area contributed by atoms with Crippen molar-refractivity contribution in [1.29, 1.82) is 0 Å². The van der Waals surface area contributed by atoms with Crippen LogP contribution in [-0.2, 0) is 16.1 Å². The third-order valence-electron chi connectivity index (χ3n) is 3.87. The molecule has 2 aromatic rings. The van der Waals surface area contributed by atoms with E-state index in [0.717, 1.165) is 31.4 Å². The Bertz CT molecular complexity index is 686. The molecule has 1 aromatic heterocycles. The van der Waals surface area contributed by atoms with Crippen LogP contribution in [0.15, 0.2) is 36.7 Å². The van der Waals surface area contributed by atoms with Crippen LogP contribution in [0.4, 0.5) is 4.39 Å². The lowest BCUT2D eigenvalue weighted by Crippen LogP contribution is -2.28. The molecule has 2 heterocycles. The van der Waals surface area contributed by atoms with Gasteiger partial charge in [0.15, 0.2) is 12.4 Å². The van der Waals surface area contributed by atoms with Gasteiger partial charge in [-0.05, 0) is 43.5 Å². The van der Waals surface area contributed by atoms with Crippen molar-refractivity contribution in [2.24, 2.45) is 0 Å². The number of benzene rings is 1. The van der Waals surface area contributed by atoms with Crippen molar-refractivity contribution in [2.75, 3.05) is 13.2 Å². The van der Waals surface area contributed by atoms with Gasteiger partial charge in [0, 0.05) is 31.1 Å². The van der Waals surface area contributed by atoms with E-state index in [0.29, 0.717) is 18.1 Å². The smallest absolute Gasteiger partial charge is 0.258 e. The molecule has 1 amide bonds. The Morgan fingerprint density at radius 3 is 2.68 bits per heavy atom. The molecule has 0 aliphatic carbocycles. The van der Waals surface area contributed by atoms with Gasteiger partial charge in [-0.25, -0.2) is 14.4 Å². The monoisotopic (exact) mass is 345 g/mol. The van der Waals surface area contributed by atoms with Crippen LogP contribution in [0, 0.1) is 5.82 Å². The molecule has 1 N–H and O–H groups in total. The molecule has 1 fully saturated rings. The van der Waals surface area contributed by atoms with Crippen LogP contribution in [0.5, 0.6) is 5.75 Å². The molecular weight excluding hydrogens is 325 g/mol. The summed E-state index contributed by atoms with van der Waals surface area (Å²) < 4.78 is 23.7. The molecule has 0 bridgehead atoms. The molecule has 1 aliphatic heterocycles. The quantitative estimate of drug-likeness (QED) is 0.871. The number of amides is 1. The lowest BCUT2D eigenvalue weighted by molar-refractivity contribution is -0.123. The van der Waals surface area contributed by atoms with Gasteiger partial charge in [-0.3, -0.25) is 4.79 Å². The van der Waals surface area contributed by atoms with Crippen LogP contribution in [0.25, 0.3) is 0 Å². The third kappa shape index (κ3) is 5.22. The van der Waals surface area contributed by atoms with Gasteiger partial charge in [0.2, 0.25) is 0 Å². The number of hydrogen-bond donors (Lipinski definition) is 1. The molecule has 0 saturated carbocycles.